The molecule has 0 N–H and O–H groups in total. The van der Waals surface area contributed by atoms with Crippen LogP contribution < -0.4 is 4.74 Å². The SMILES string of the molecule is CCCCOCC(=O)c1ccccc1OCC. The molecule has 0 heterocycles. The van der Waals surface area contributed by atoms with E-state index in [0.29, 0.717) is 24.5 Å². The quantitative estimate of drug-likeness (QED) is 0.514. The van der Waals surface area contributed by atoms with Gasteiger partial charge in [0.1, 0.15) is 12.4 Å². The molecule has 0 aliphatic carbocycles. The summed E-state index contributed by atoms with van der Waals surface area (Å²) in [6, 6.07) is 7.28. The molecule has 1 rings (SSSR count). The van der Waals surface area contributed by atoms with Crippen molar-refractivity contribution >= 4 is 5.78 Å². The molecule has 0 aliphatic rings. The fraction of sp³-hybridized carbons (Fsp3) is 0.500. The molecule has 94 valence electrons. The molecule has 0 aromatic heterocycles. The van der Waals surface area contributed by atoms with E-state index in [2.05, 4.69) is 6.92 Å². The zero-order valence-corrected chi connectivity index (χ0v) is 10.6. The lowest BCUT2D eigenvalue weighted by Crippen LogP contribution is -2.11. The van der Waals surface area contributed by atoms with Crippen LogP contribution in [0.1, 0.15) is 37.0 Å². The van der Waals surface area contributed by atoms with Gasteiger partial charge in [-0.25, -0.2) is 0 Å². The van der Waals surface area contributed by atoms with E-state index in [1.165, 1.54) is 0 Å². The smallest absolute Gasteiger partial charge is 0.192 e. The van der Waals surface area contributed by atoms with Crippen molar-refractivity contribution in [1.29, 1.82) is 0 Å². The van der Waals surface area contributed by atoms with E-state index in [4.69, 9.17) is 9.47 Å². The predicted molar refractivity (Wildman–Crippen MR) is 67.7 cm³/mol. The Labute approximate surface area is 103 Å². The monoisotopic (exact) mass is 236 g/mol. The van der Waals surface area contributed by atoms with Crippen molar-refractivity contribution in [3.05, 3.63) is 29.8 Å². The molecular weight excluding hydrogens is 216 g/mol. The molecule has 0 saturated heterocycles. The van der Waals surface area contributed by atoms with Gasteiger partial charge >= 0.3 is 0 Å². The minimum Gasteiger partial charge on any atom is -0.493 e. The zero-order chi connectivity index (χ0) is 12.5. The van der Waals surface area contributed by atoms with Gasteiger partial charge in [-0.05, 0) is 25.5 Å². The van der Waals surface area contributed by atoms with Gasteiger partial charge in [-0.3, -0.25) is 4.79 Å². The van der Waals surface area contributed by atoms with Crippen LogP contribution in [-0.4, -0.2) is 25.6 Å². The number of ketones is 1. The van der Waals surface area contributed by atoms with Crippen LogP contribution in [0, 0.1) is 0 Å². The summed E-state index contributed by atoms with van der Waals surface area (Å²) < 4.78 is 10.7. The second kappa shape index (κ2) is 7.85. The molecule has 0 bridgehead atoms. The molecule has 1 aromatic rings. The molecule has 0 amide bonds. The highest BCUT2D eigenvalue weighted by molar-refractivity contribution is 5.99. The molecule has 0 unspecified atom stereocenters. The molecule has 0 radical (unpaired) electrons. The first-order valence-corrected chi connectivity index (χ1v) is 6.12. The maximum Gasteiger partial charge on any atom is 0.192 e. The third-order valence-electron chi connectivity index (χ3n) is 2.36. The number of ether oxygens (including phenoxy) is 2. The summed E-state index contributed by atoms with van der Waals surface area (Å²) in [5.74, 6) is 0.615. The summed E-state index contributed by atoms with van der Waals surface area (Å²) in [4.78, 5) is 11.9. The molecule has 3 nitrogen and oxygen atoms in total. The molecular formula is C14H20O3. The van der Waals surface area contributed by atoms with Crippen LogP contribution in [0.5, 0.6) is 5.75 Å². The first kappa shape index (κ1) is 13.7. The van der Waals surface area contributed by atoms with Crippen molar-refractivity contribution in [2.45, 2.75) is 26.7 Å². The van der Waals surface area contributed by atoms with Gasteiger partial charge in [-0.15, -0.1) is 0 Å². The average Bonchev–Trinajstić information content (AvgIpc) is 2.35. The first-order valence-electron chi connectivity index (χ1n) is 6.12. The van der Waals surface area contributed by atoms with Crippen LogP contribution >= 0.6 is 0 Å². The Morgan fingerprint density at radius 1 is 1.24 bits per heavy atom. The number of para-hydroxylation sites is 1. The lowest BCUT2D eigenvalue weighted by molar-refractivity contribution is 0.0751. The topological polar surface area (TPSA) is 35.5 Å². The van der Waals surface area contributed by atoms with Gasteiger partial charge in [0.2, 0.25) is 0 Å². The van der Waals surface area contributed by atoms with E-state index in [-0.39, 0.29) is 12.4 Å². The minimum atomic E-state index is -0.0230. The number of rotatable bonds is 8. The Morgan fingerprint density at radius 3 is 2.71 bits per heavy atom. The minimum absolute atomic E-state index is 0.0230. The maximum atomic E-state index is 11.9. The van der Waals surface area contributed by atoms with E-state index < -0.39 is 0 Å². The standard InChI is InChI=1S/C14H20O3/c1-3-5-10-16-11-13(15)12-8-6-7-9-14(12)17-4-2/h6-9H,3-5,10-11H2,1-2H3. The molecule has 0 fully saturated rings. The Balaban J connectivity index is 2.55. The Kier molecular flexibility index (Phi) is 6.33. The fourth-order valence-electron chi connectivity index (χ4n) is 1.47. The van der Waals surface area contributed by atoms with Crippen LogP contribution in [0.2, 0.25) is 0 Å². The third-order valence-corrected chi connectivity index (χ3v) is 2.36. The lowest BCUT2D eigenvalue weighted by atomic mass is 10.1. The summed E-state index contributed by atoms with van der Waals surface area (Å²) in [6.07, 6.45) is 2.06. The highest BCUT2D eigenvalue weighted by atomic mass is 16.5. The highest BCUT2D eigenvalue weighted by Crippen LogP contribution is 2.18. The Bertz CT molecular complexity index is 347. The largest absolute Gasteiger partial charge is 0.493 e. The summed E-state index contributed by atoms with van der Waals surface area (Å²) in [5.41, 5.74) is 0.603. The normalized spacial score (nSPS) is 10.2. The van der Waals surface area contributed by atoms with Gasteiger partial charge in [0, 0.05) is 6.61 Å². The summed E-state index contributed by atoms with van der Waals surface area (Å²) in [6.45, 7) is 5.32. The molecule has 17 heavy (non-hydrogen) atoms. The van der Waals surface area contributed by atoms with Crippen molar-refractivity contribution < 1.29 is 14.3 Å². The van der Waals surface area contributed by atoms with E-state index >= 15 is 0 Å². The number of Topliss-reactive ketones (excluding diaryl/α,β-unsaturated/α-hetero) is 1. The number of carbonyl (C=O) groups is 1. The average molecular weight is 236 g/mol. The van der Waals surface area contributed by atoms with Crippen molar-refractivity contribution in [2.75, 3.05) is 19.8 Å². The van der Waals surface area contributed by atoms with E-state index in [1.54, 1.807) is 6.07 Å². The van der Waals surface area contributed by atoms with E-state index in [9.17, 15) is 4.79 Å². The van der Waals surface area contributed by atoms with Gasteiger partial charge in [0.25, 0.3) is 0 Å². The first-order chi connectivity index (χ1) is 8.29. The Hall–Kier alpha value is -1.35. The lowest BCUT2D eigenvalue weighted by Gasteiger charge is -2.09. The number of hydrogen-bond donors (Lipinski definition) is 0. The Morgan fingerprint density at radius 2 is 2.00 bits per heavy atom. The molecule has 0 atom stereocenters. The van der Waals surface area contributed by atoms with E-state index in [1.807, 2.05) is 25.1 Å². The second-order valence-corrected chi connectivity index (χ2v) is 3.76. The van der Waals surface area contributed by atoms with Gasteiger partial charge in [-0.1, -0.05) is 25.5 Å². The van der Waals surface area contributed by atoms with E-state index in [0.717, 1.165) is 12.8 Å². The van der Waals surface area contributed by atoms with Crippen LogP contribution in [-0.2, 0) is 4.74 Å². The van der Waals surface area contributed by atoms with Crippen molar-refractivity contribution in [1.82, 2.24) is 0 Å². The molecule has 0 spiro atoms. The number of benzene rings is 1. The van der Waals surface area contributed by atoms with Gasteiger partial charge < -0.3 is 9.47 Å². The van der Waals surface area contributed by atoms with Crippen LogP contribution in [0.3, 0.4) is 0 Å². The van der Waals surface area contributed by atoms with Crippen molar-refractivity contribution in [3.63, 3.8) is 0 Å². The molecule has 0 aliphatic heterocycles. The van der Waals surface area contributed by atoms with Crippen LogP contribution in [0.4, 0.5) is 0 Å². The van der Waals surface area contributed by atoms with Crippen molar-refractivity contribution in [3.8, 4) is 5.75 Å². The molecule has 0 saturated carbocycles. The van der Waals surface area contributed by atoms with Gasteiger partial charge in [-0.2, -0.15) is 0 Å². The fourth-order valence-corrected chi connectivity index (χ4v) is 1.47. The summed E-state index contributed by atoms with van der Waals surface area (Å²) >= 11 is 0. The third kappa shape index (κ3) is 4.57. The summed E-state index contributed by atoms with van der Waals surface area (Å²) in [5, 5.41) is 0. The van der Waals surface area contributed by atoms with Crippen LogP contribution in [0.15, 0.2) is 24.3 Å². The molecule has 1 aromatic carbocycles. The highest BCUT2D eigenvalue weighted by Gasteiger charge is 2.11. The molecule has 3 heteroatoms. The predicted octanol–water partition coefficient (Wildman–Crippen LogP) is 3.08. The maximum absolute atomic E-state index is 11.9. The number of unbranched alkanes of at least 4 members (excludes halogenated alkanes) is 1. The van der Waals surface area contributed by atoms with Gasteiger partial charge in [0.15, 0.2) is 5.78 Å². The summed E-state index contributed by atoms with van der Waals surface area (Å²) in [7, 11) is 0. The second-order valence-electron chi connectivity index (χ2n) is 3.76. The van der Waals surface area contributed by atoms with Gasteiger partial charge in [0.05, 0.1) is 12.2 Å². The number of hydrogen-bond acceptors (Lipinski definition) is 3. The number of carbonyl (C=O) groups excluding carboxylic acids is 1. The van der Waals surface area contributed by atoms with Crippen molar-refractivity contribution in [2.24, 2.45) is 0 Å². The van der Waals surface area contributed by atoms with Crippen LogP contribution in [0.25, 0.3) is 0 Å². The zero-order valence-electron chi connectivity index (χ0n) is 10.6.